The molecule has 0 amide bonds. The molecule has 0 aromatic heterocycles. The summed E-state index contributed by atoms with van der Waals surface area (Å²) in [6, 6.07) is 7.58. The number of benzene rings is 2. The lowest BCUT2D eigenvalue weighted by atomic mass is 10.3. The second kappa shape index (κ2) is 7.67. The maximum absolute atomic E-state index is 13.2. The first kappa shape index (κ1) is 18.3. The van der Waals surface area contributed by atoms with Gasteiger partial charge in [0, 0.05) is 19.7 Å². The Labute approximate surface area is 138 Å². The second-order valence-corrected chi connectivity index (χ2v) is 7.13. The summed E-state index contributed by atoms with van der Waals surface area (Å²) in [5, 5.41) is 0. The molecule has 0 saturated heterocycles. The summed E-state index contributed by atoms with van der Waals surface area (Å²) in [5.41, 5.74) is 0. The first-order valence-corrected chi connectivity index (χ1v) is 8.54. The van der Waals surface area contributed by atoms with Crippen molar-refractivity contribution in [2.75, 3.05) is 20.2 Å². The van der Waals surface area contributed by atoms with Crippen LogP contribution in [0.2, 0.25) is 0 Å². The number of hydrogen-bond acceptors (Lipinski definition) is 3. The van der Waals surface area contributed by atoms with E-state index in [-0.39, 0.29) is 19.0 Å². The number of ether oxygens (including phenoxy) is 1. The van der Waals surface area contributed by atoms with Gasteiger partial charge in [0.15, 0.2) is 0 Å². The van der Waals surface area contributed by atoms with Crippen molar-refractivity contribution in [2.45, 2.75) is 11.3 Å². The van der Waals surface area contributed by atoms with E-state index in [1.54, 1.807) is 0 Å². The van der Waals surface area contributed by atoms with Gasteiger partial charge in [0.25, 0.3) is 0 Å². The highest BCUT2D eigenvalue weighted by Crippen LogP contribution is 2.18. The number of halogens is 3. The van der Waals surface area contributed by atoms with E-state index in [9.17, 15) is 21.6 Å². The highest BCUT2D eigenvalue weighted by atomic mass is 32.2. The van der Waals surface area contributed by atoms with E-state index >= 15 is 0 Å². The molecular formula is C16H16F3NO3S. The van der Waals surface area contributed by atoms with Crippen molar-refractivity contribution in [1.82, 2.24) is 4.31 Å². The van der Waals surface area contributed by atoms with Crippen LogP contribution in [0.15, 0.2) is 47.4 Å². The smallest absolute Gasteiger partial charge is 0.243 e. The zero-order chi connectivity index (χ0) is 17.7. The summed E-state index contributed by atoms with van der Waals surface area (Å²) in [7, 11) is -2.67. The summed E-state index contributed by atoms with van der Waals surface area (Å²) >= 11 is 0. The average molecular weight is 359 g/mol. The van der Waals surface area contributed by atoms with Crippen LogP contribution in [0.5, 0.6) is 5.75 Å². The van der Waals surface area contributed by atoms with Crippen LogP contribution in [-0.2, 0) is 10.0 Å². The molecule has 2 aromatic carbocycles. The van der Waals surface area contributed by atoms with Crippen molar-refractivity contribution in [1.29, 1.82) is 0 Å². The zero-order valence-electron chi connectivity index (χ0n) is 12.9. The van der Waals surface area contributed by atoms with E-state index in [1.807, 2.05) is 0 Å². The molecule has 0 spiro atoms. The van der Waals surface area contributed by atoms with Gasteiger partial charge in [-0.25, -0.2) is 25.9 Å². The molecule has 0 N–H and O–H groups in total. The van der Waals surface area contributed by atoms with Crippen LogP contribution in [0.25, 0.3) is 0 Å². The lowest BCUT2D eigenvalue weighted by Crippen LogP contribution is -2.29. The van der Waals surface area contributed by atoms with Gasteiger partial charge in [0.2, 0.25) is 10.0 Å². The van der Waals surface area contributed by atoms with E-state index in [2.05, 4.69) is 0 Å². The van der Waals surface area contributed by atoms with Crippen molar-refractivity contribution in [3.63, 3.8) is 0 Å². The fourth-order valence-electron chi connectivity index (χ4n) is 1.99. The van der Waals surface area contributed by atoms with E-state index < -0.39 is 26.6 Å². The lowest BCUT2D eigenvalue weighted by Gasteiger charge is -2.17. The normalized spacial score (nSPS) is 11.7. The molecular weight excluding hydrogens is 343 g/mol. The van der Waals surface area contributed by atoms with Crippen LogP contribution in [0.4, 0.5) is 13.2 Å². The Morgan fingerprint density at radius 2 is 1.54 bits per heavy atom. The van der Waals surface area contributed by atoms with Gasteiger partial charge in [0.1, 0.15) is 23.2 Å². The molecule has 0 saturated carbocycles. The summed E-state index contributed by atoms with van der Waals surface area (Å²) in [6.45, 7) is 0.310. The molecule has 2 rings (SSSR count). The van der Waals surface area contributed by atoms with Gasteiger partial charge in [-0.2, -0.15) is 0 Å². The Kier molecular flexibility index (Phi) is 5.84. The van der Waals surface area contributed by atoms with Crippen molar-refractivity contribution >= 4 is 10.0 Å². The maximum Gasteiger partial charge on any atom is 0.243 e. The van der Waals surface area contributed by atoms with Crippen LogP contribution >= 0.6 is 0 Å². The zero-order valence-corrected chi connectivity index (χ0v) is 13.7. The molecule has 0 heterocycles. The Morgan fingerprint density at radius 1 is 0.958 bits per heavy atom. The Bertz CT molecular complexity index is 774. The molecule has 2 aromatic rings. The molecule has 8 heteroatoms. The van der Waals surface area contributed by atoms with Gasteiger partial charge >= 0.3 is 0 Å². The molecule has 0 aliphatic rings. The van der Waals surface area contributed by atoms with E-state index in [4.69, 9.17) is 4.74 Å². The lowest BCUT2D eigenvalue weighted by molar-refractivity contribution is 0.296. The van der Waals surface area contributed by atoms with Gasteiger partial charge < -0.3 is 4.74 Å². The summed E-state index contributed by atoms with van der Waals surface area (Å²) in [4.78, 5) is -0.443. The number of rotatable bonds is 7. The Hall–Kier alpha value is -2.06. The molecule has 24 heavy (non-hydrogen) atoms. The second-order valence-electron chi connectivity index (χ2n) is 5.09. The van der Waals surface area contributed by atoms with Gasteiger partial charge in [0.05, 0.1) is 11.5 Å². The van der Waals surface area contributed by atoms with Crippen LogP contribution in [0, 0.1) is 17.5 Å². The fraction of sp³-hybridized carbons (Fsp3) is 0.250. The molecule has 0 fully saturated rings. The predicted octanol–water partition coefficient (Wildman–Crippen LogP) is 3.19. The predicted molar refractivity (Wildman–Crippen MR) is 82.7 cm³/mol. The van der Waals surface area contributed by atoms with Crippen LogP contribution < -0.4 is 4.74 Å². The first-order valence-electron chi connectivity index (χ1n) is 7.10. The van der Waals surface area contributed by atoms with E-state index in [0.717, 1.165) is 16.4 Å². The van der Waals surface area contributed by atoms with Crippen LogP contribution in [0.1, 0.15) is 6.42 Å². The highest BCUT2D eigenvalue weighted by Gasteiger charge is 2.22. The minimum Gasteiger partial charge on any atom is -0.494 e. The maximum atomic E-state index is 13.2. The van der Waals surface area contributed by atoms with Crippen molar-refractivity contribution in [3.05, 3.63) is 59.9 Å². The summed E-state index contributed by atoms with van der Waals surface area (Å²) in [5.74, 6) is -1.83. The van der Waals surface area contributed by atoms with Crippen molar-refractivity contribution in [2.24, 2.45) is 0 Å². The average Bonchev–Trinajstić information content (AvgIpc) is 2.52. The molecule has 0 radical (unpaired) electrons. The Morgan fingerprint density at radius 3 is 2.12 bits per heavy atom. The SMILES string of the molecule is CN(CCCOc1ccc(F)cc1)S(=O)(=O)c1cc(F)cc(F)c1. The minimum absolute atomic E-state index is 0.0989. The fourth-order valence-corrected chi connectivity index (χ4v) is 3.24. The molecule has 0 aliphatic carbocycles. The number of hydrogen-bond donors (Lipinski definition) is 0. The van der Waals surface area contributed by atoms with Gasteiger partial charge in [-0.05, 0) is 42.8 Å². The quantitative estimate of drug-likeness (QED) is 0.714. The molecule has 0 aliphatic heterocycles. The third-order valence-electron chi connectivity index (χ3n) is 3.24. The van der Waals surface area contributed by atoms with Crippen LogP contribution in [0.3, 0.4) is 0 Å². The molecule has 0 bridgehead atoms. The summed E-state index contributed by atoms with van der Waals surface area (Å²) < 4.78 is 69.9. The van der Waals surface area contributed by atoms with Crippen molar-refractivity contribution in [3.8, 4) is 5.75 Å². The number of sulfonamides is 1. The molecule has 130 valence electrons. The topological polar surface area (TPSA) is 46.6 Å². The molecule has 4 nitrogen and oxygen atoms in total. The van der Waals surface area contributed by atoms with Crippen LogP contribution in [-0.4, -0.2) is 32.9 Å². The third kappa shape index (κ3) is 4.72. The third-order valence-corrected chi connectivity index (χ3v) is 5.08. The van der Waals surface area contributed by atoms with Crippen molar-refractivity contribution < 1.29 is 26.3 Å². The highest BCUT2D eigenvalue weighted by molar-refractivity contribution is 7.89. The molecule has 0 atom stereocenters. The molecule has 0 unspecified atom stereocenters. The minimum atomic E-state index is -3.99. The summed E-state index contributed by atoms with van der Waals surface area (Å²) in [6.07, 6.45) is 0.352. The standard InChI is InChI=1S/C16H16F3NO3S/c1-20(7-2-8-23-15-5-3-12(17)4-6-15)24(21,22)16-10-13(18)9-14(19)11-16/h3-6,9-11H,2,7-8H2,1H3. The van der Waals surface area contributed by atoms with E-state index in [1.165, 1.54) is 31.3 Å². The van der Waals surface area contributed by atoms with E-state index in [0.29, 0.717) is 18.2 Å². The Balaban J connectivity index is 1.91. The van der Waals surface area contributed by atoms with Gasteiger partial charge in [-0.3, -0.25) is 0 Å². The monoisotopic (exact) mass is 359 g/mol. The van der Waals surface area contributed by atoms with Gasteiger partial charge in [-0.15, -0.1) is 0 Å². The largest absolute Gasteiger partial charge is 0.494 e. The van der Waals surface area contributed by atoms with Gasteiger partial charge in [-0.1, -0.05) is 0 Å². The first-order chi connectivity index (χ1) is 11.3. The number of nitrogens with zero attached hydrogens (tertiary/aromatic N) is 1.